The molecule has 0 spiro atoms. The molecular weight excluding hydrogens is 214 g/mol. The summed E-state index contributed by atoms with van der Waals surface area (Å²) in [6.45, 7) is 3.61. The van der Waals surface area contributed by atoms with E-state index in [4.69, 9.17) is 9.47 Å². The van der Waals surface area contributed by atoms with E-state index in [2.05, 4.69) is 24.4 Å². The molecule has 0 aromatic heterocycles. The normalized spacial score (nSPS) is 26.4. The SMILES string of the molecule is CC1CCCC1NCc1ccc2c(c1)OCO2. The molecule has 1 aliphatic heterocycles. The maximum atomic E-state index is 5.38. The van der Waals surface area contributed by atoms with Crippen LogP contribution in [0.25, 0.3) is 0 Å². The molecule has 3 nitrogen and oxygen atoms in total. The standard InChI is InChI=1S/C14H19NO2/c1-10-3-2-4-12(10)15-8-11-5-6-13-14(7-11)17-9-16-13/h5-7,10,12,15H,2-4,8-9H2,1H3. The number of hydrogen-bond donors (Lipinski definition) is 1. The van der Waals surface area contributed by atoms with Crippen LogP contribution in [0.2, 0.25) is 0 Å². The van der Waals surface area contributed by atoms with E-state index in [1.807, 2.05) is 6.07 Å². The van der Waals surface area contributed by atoms with E-state index in [0.717, 1.165) is 24.0 Å². The molecule has 3 heteroatoms. The van der Waals surface area contributed by atoms with Gasteiger partial charge in [-0.15, -0.1) is 0 Å². The Balaban J connectivity index is 1.61. The van der Waals surface area contributed by atoms with Crippen molar-refractivity contribution in [3.63, 3.8) is 0 Å². The summed E-state index contributed by atoms with van der Waals surface area (Å²) >= 11 is 0. The number of benzene rings is 1. The minimum absolute atomic E-state index is 0.353. The zero-order valence-electron chi connectivity index (χ0n) is 10.2. The van der Waals surface area contributed by atoms with E-state index >= 15 is 0 Å². The molecule has 17 heavy (non-hydrogen) atoms. The van der Waals surface area contributed by atoms with Crippen LogP contribution in [0.15, 0.2) is 18.2 Å². The van der Waals surface area contributed by atoms with Gasteiger partial charge in [0.25, 0.3) is 0 Å². The molecular formula is C14H19NO2. The maximum absolute atomic E-state index is 5.38. The number of fused-ring (bicyclic) bond motifs is 1. The van der Waals surface area contributed by atoms with Crippen molar-refractivity contribution >= 4 is 0 Å². The first-order chi connectivity index (χ1) is 8.33. The number of rotatable bonds is 3. The molecule has 0 radical (unpaired) electrons. The second-order valence-electron chi connectivity index (χ2n) is 5.08. The molecule has 0 bridgehead atoms. The lowest BCUT2D eigenvalue weighted by atomic mass is 10.1. The van der Waals surface area contributed by atoms with Gasteiger partial charge in [0, 0.05) is 12.6 Å². The van der Waals surface area contributed by atoms with Gasteiger partial charge in [-0.1, -0.05) is 19.4 Å². The fraction of sp³-hybridized carbons (Fsp3) is 0.571. The third kappa shape index (κ3) is 2.25. The first-order valence-electron chi connectivity index (χ1n) is 6.45. The molecule has 0 saturated heterocycles. The summed E-state index contributed by atoms with van der Waals surface area (Å²) in [5.41, 5.74) is 1.27. The molecule has 1 N–H and O–H groups in total. The van der Waals surface area contributed by atoms with Crippen molar-refractivity contribution in [2.24, 2.45) is 5.92 Å². The van der Waals surface area contributed by atoms with Crippen molar-refractivity contribution < 1.29 is 9.47 Å². The quantitative estimate of drug-likeness (QED) is 0.870. The molecule has 2 atom stereocenters. The Morgan fingerprint density at radius 2 is 2.12 bits per heavy atom. The van der Waals surface area contributed by atoms with Gasteiger partial charge in [0.05, 0.1) is 0 Å². The van der Waals surface area contributed by atoms with E-state index < -0.39 is 0 Å². The van der Waals surface area contributed by atoms with E-state index in [0.29, 0.717) is 12.8 Å². The van der Waals surface area contributed by atoms with Gasteiger partial charge in [-0.2, -0.15) is 0 Å². The Morgan fingerprint density at radius 3 is 2.94 bits per heavy atom. The first-order valence-corrected chi connectivity index (χ1v) is 6.45. The minimum atomic E-state index is 0.353. The molecule has 0 amide bonds. The second kappa shape index (κ2) is 4.57. The van der Waals surface area contributed by atoms with Crippen molar-refractivity contribution in [3.05, 3.63) is 23.8 Å². The summed E-state index contributed by atoms with van der Waals surface area (Å²) in [5, 5.41) is 3.64. The van der Waals surface area contributed by atoms with E-state index in [9.17, 15) is 0 Å². The largest absolute Gasteiger partial charge is 0.454 e. The molecule has 1 aliphatic carbocycles. The summed E-state index contributed by atoms with van der Waals surface area (Å²) in [5.74, 6) is 2.55. The van der Waals surface area contributed by atoms with Crippen molar-refractivity contribution in [2.45, 2.75) is 38.8 Å². The fourth-order valence-electron chi connectivity index (χ4n) is 2.75. The highest BCUT2D eigenvalue weighted by Crippen LogP contribution is 2.32. The lowest BCUT2D eigenvalue weighted by molar-refractivity contribution is 0.174. The third-order valence-corrected chi connectivity index (χ3v) is 3.87. The predicted molar refractivity (Wildman–Crippen MR) is 66.2 cm³/mol. The number of hydrogen-bond acceptors (Lipinski definition) is 3. The molecule has 1 heterocycles. The van der Waals surface area contributed by atoms with Crippen LogP contribution in [0.5, 0.6) is 11.5 Å². The Labute approximate surface area is 102 Å². The fourth-order valence-corrected chi connectivity index (χ4v) is 2.75. The topological polar surface area (TPSA) is 30.5 Å². The Morgan fingerprint density at radius 1 is 1.24 bits per heavy atom. The first kappa shape index (κ1) is 10.9. The average molecular weight is 233 g/mol. The van der Waals surface area contributed by atoms with Gasteiger partial charge in [-0.05, 0) is 36.5 Å². The van der Waals surface area contributed by atoms with Gasteiger partial charge in [0.2, 0.25) is 6.79 Å². The van der Waals surface area contributed by atoms with Crippen LogP contribution in [-0.2, 0) is 6.54 Å². The number of ether oxygens (including phenoxy) is 2. The van der Waals surface area contributed by atoms with Gasteiger partial charge in [-0.25, -0.2) is 0 Å². The molecule has 1 aromatic rings. The molecule has 1 aromatic carbocycles. The van der Waals surface area contributed by atoms with Crippen LogP contribution >= 0.6 is 0 Å². The molecule has 1 saturated carbocycles. The van der Waals surface area contributed by atoms with Gasteiger partial charge >= 0.3 is 0 Å². The van der Waals surface area contributed by atoms with Crippen LogP contribution < -0.4 is 14.8 Å². The highest BCUT2D eigenvalue weighted by Gasteiger charge is 2.22. The van der Waals surface area contributed by atoms with E-state index in [-0.39, 0.29) is 0 Å². The molecule has 3 rings (SSSR count). The summed E-state index contributed by atoms with van der Waals surface area (Å²) in [6.07, 6.45) is 4.03. The summed E-state index contributed by atoms with van der Waals surface area (Å²) < 4.78 is 10.7. The summed E-state index contributed by atoms with van der Waals surface area (Å²) in [6, 6.07) is 6.87. The second-order valence-corrected chi connectivity index (χ2v) is 5.08. The van der Waals surface area contributed by atoms with Crippen LogP contribution in [0, 0.1) is 5.92 Å². The highest BCUT2D eigenvalue weighted by molar-refractivity contribution is 5.44. The van der Waals surface area contributed by atoms with E-state index in [1.165, 1.54) is 24.8 Å². The molecule has 2 aliphatic rings. The Kier molecular flexibility index (Phi) is 2.93. The van der Waals surface area contributed by atoms with E-state index in [1.54, 1.807) is 0 Å². The van der Waals surface area contributed by atoms with Gasteiger partial charge in [0.1, 0.15) is 0 Å². The van der Waals surface area contributed by atoms with Crippen molar-refractivity contribution in [2.75, 3.05) is 6.79 Å². The summed E-state index contributed by atoms with van der Waals surface area (Å²) in [7, 11) is 0. The molecule has 1 fully saturated rings. The monoisotopic (exact) mass is 233 g/mol. The average Bonchev–Trinajstić information content (AvgIpc) is 2.94. The zero-order valence-corrected chi connectivity index (χ0v) is 10.2. The van der Waals surface area contributed by atoms with Crippen molar-refractivity contribution in [1.82, 2.24) is 5.32 Å². The smallest absolute Gasteiger partial charge is 0.231 e. The third-order valence-electron chi connectivity index (χ3n) is 3.87. The maximum Gasteiger partial charge on any atom is 0.231 e. The highest BCUT2D eigenvalue weighted by atomic mass is 16.7. The van der Waals surface area contributed by atoms with Crippen molar-refractivity contribution in [3.8, 4) is 11.5 Å². The van der Waals surface area contributed by atoms with Crippen LogP contribution in [0.1, 0.15) is 31.7 Å². The summed E-state index contributed by atoms with van der Waals surface area (Å²) in [4.78, 5) is 0. The van der Waals surface area contributed by atoms with Crippen LogP contribution in [-0.4, -0.2) is 12.8 Å². The van der Waals surface area contributed by atoms with Crippen LogP contribution in [0.4, 0.5) is 0 Å². The van der Waals surface area contributed by atoms with Crippen LogP contribution in [0.3, 0.4) is 0 Å². The van der Waals surface area contributed by atoms with Gasteiger partial charge in [-0.3, -0.25) is 0 Å². The van der Waals surface area contributed by atoms with Gasteiger partial charge < -0.3 is 14.8 Å². The lowest BCUT2D eigenvalue weighted by Crippen LogP contribution is -2.30. The van der Waals surface area contributed by atoms with Crippen molar-refractivity contribution in [1.29, 1.82) is 0 Å². The molecule has 92 valence electrons. The predicted octanol–water partition coefficient (Wildman–Crippen LogP) is 2.69. The lowest BCUT2D eigenvalue weighted by Gasteiger charge is -2.17. The zero-order chi connectivity index (χ0) is 11.7. The number of nitrogens with one attached hydrogen (secondary N) is 1. The van der Waals surface area contributed by atoms with Gasteiger partial charge in [0.15, 0.2) is 11.5 Å². The Hall–Kier alpha value is -1.22. The molecule has 2 unspecified atom stereocenters. The Bertz CT molecular complexity index is 405. The minimum Gasteiger partial charge on any atom is -0.454 e.